The fourth-order valence-corrected chi connectivity index (χ4v) is 2.47. The predicted octanol–water partition coefficient (Wildman–Crippen LogP) is 1.00. The van der Waals surface area contributed by atoms with Gasteiger partial charge in [0.1, 0.15) is 6.61 Å². The maximum Gasteiger partial charge on any atom is 0.313 e. The molecule has 0 bridgehead atoms. The van der Waals surface area contributed by atoms with Gasteiger partial charge in [-0.25, -0.2) is 0 Å². The van der Waals surface area contributed by atoms with Crippen LogP contribution in [-0.2, 0) is 11.4 Å². The molecule has 0 aliphatic carbocycles. The number of carboxylic acid groups (broad SMARTS) is 1. The summed E-state index contributed by atoms with van der Waals surface area (Å²) in [6.45, 7) is -0.268. The van der Waals surface area contributed by atoms with E-state index in [2.05, 4.69) is 10.2 Å². The second-order valence-electron chi connectivity index (χ2n) is 4.49. The second kappa shape index (κ2) is 6.59. The van der Waals surface area contributed by atoms with E-state index in [1.165, 1.54) is 0 Å². The molecule has 0 fully saturated rings. The van der Waals surface area contributed by atoms with E-state index in [1.807, 2.05) is 43.3 Å². The van der Waals surface area contributed by atoms with Crippen molar-refractivity contribution < 1.29 is 15.0 Å². The minimum absolute atomic E-state index is 0.112. The highest BCUT2D eigenvalue weighted by Gasteiger charge is 2.15. The molecule has 0 unspecified atom stereocenters. The lowest BCUT2D eigenvalue weighted by molar-refractivity contribution is -0.133. The number of aliphatic hydroxyl groups is 1. The quantitative estimate of drug-likeness (QED) is 0.769. The number of aromatic nitrogens is 3. The molecule has 112 valence electrons. The van der Waals surface area contributed by atoms with E-state index in [0.29, 0.717) is 11.0 Å². The smallest absolute Gasteiger partial charge is 0.313 e. The van der Waals surface area contributed by atoms with Crippen LogP contribution in [0, 0.1) is 0 Å². The molecule has 1 aromatic heterocycles. The van der Waals surface area contributed by atoms with Crippen molar-refractivity contribution >= 4 is 23.4 Å². The molecule has 1 heterocycles. The van der Waals surface area contributed by atoms with Crippen molar-refractivity contribution in [1.82, 2.24) is 14.8 Å². The number of benzene rings is 1. The number of anilines is 1. The van der Waals surface area contributed by atoms with E-state index in [-0.39, 0.29) is 12.4 Å². The van der Waals surface area contributed by atoms with Crippen molar-refractivity contribution in [3.05, 3.63) is 30.1 Å². The summed E-state index contributed by atoms with van der Waals surface area (Å²) in [5.41, 5.74) is 1.82. The van der Waals surface area contributed by atoms with Gasteiger partial charge in [0.2, 0.25) is 0 Å². The lowest BCUT2D eigenvalue weighted by Gasteiger charge is -2.14. The van der Waals surface area contributed by atoms with E-state index in [0.717, 1.165) is 23.1 Å². The molecule has 2 rings (SSSR count). The summed E-state index contributed by atoms with van der Waals surface area (Å²) in [5.74, 6) is -0.664. The van der Waals surface area contributed by atoms with E-state index < -0.39 is 5.97 Å². The van der Waals surface area contributed by atoms with Crippen molar-refractivity contribution in [3.8, 4) is 5.69 Å². The summed E-state index contributed by atoms with van der Waals surface area (Å²) in [4.78, 5) is 12.7. The van der Waals surface area contributed by atoms with E-state index in [9.17, 15) is 9.90 Å². The van der Waals surface area contributed by atoms with Gasteiger partial charge in [-0.05, 0) is 24.3 Å². The van der Waals surface area contributed by atoms with Crippen LogP contribution in [0.25, 0.3) is 5.69 Å². The highest BCUT2D eigenvalue weighted by atomic mass is 32.2. The first-order valence-corrected chi connectivity index (χ1v) is 7.19. The van der Waals surface area contributed by atoms with E-state index in [1.54, 1.807) is 4.57 Å². The zero-order valence-corrected chi connectivity index (χ0v) is 12.5. The zero-order chi connectivity index (χ0) is 15.4. The van der Waals surface area contributed by atoms with Gasteiger partial charge in [0.15, 0.2) is 11.0 Å². The summed E-state index contributed by atoms with van der Waals surface area (Å²) < 4.78 is 1.66. The molecule has 0 atom stereocenters. The Morgan fingerprint density at radius 1 is 1.29 bits per heavy atom. The van der Waals surface area contributed by atoms with Gasteiger partial charge in [-0.1, -0.05) is 11.8 Å². The first kappa shape index (κ1) is 15.3. The first-order chi connectivity index (χ1) is 10.0. The van der Waals surface area contributed by atoms with Crippen molar-refractivity contribution in [2.75, 3.05) is 24.7 Å². The number of aliphatic carboxylic acids is 1. The van der Waals surface area contributed by atoms with Gasteiger partial charge in [-0.2, -0.15) is 0 Å². The number of aliphatic hydroxyl groups excluding tert-OH is 1. The van der Waals surface area contributed by atoms with Gasteiger partial charge in [-0.3, -0.25) is 9.36 Å². The minimum atomic E-state index is -0.928. The van der Waals surface area contributed by atoms with Crippen LogP contribution in [0.3, 0.4) is 0 Å². The largest absolute Gasteiger partial charge is 0.481 e. The number of carbonyl (C=O) groups is 1. The Kier molecular flexibility index (Phi) is 4.81. The van der Waals surface area contributed by atoms with Crippen LogP contribution in [0.4, 0.5) is 5.69 Å². The Labute approximate surface area is 126 Å². The number of nitrogens with zero attached hydrogens (tertiary/aromatic N) is 4. The Hall–Kier alpha value is -2.06. The second-order valence-corrected chi connectivity index (χ2v) is 5.43. The Bertz CT molecular complexity index is 625. The standard InChI is InChI=1S/C13H16N4O3S/c1-16(2)9-3-5-10(6-4-9)17-11(7-18)14-15-13(17)21-8-12(19)20/h3-6,18H,7-8H2,1-2H3,(H,19,20). The number of thioether (sulfide) groups is 1. The van der Waals surface area contributed by atoms with Gasteiger partial charge in [0.05, 0.1) is 5.75 Å². The number of hydrogen-bond acceptors (Lipinski definition) is 6. The molecule has 8 heteroatoms. The topological polar surface area (TPSA) is 91.5 Å². The van der Waals surface area contributed by atoms with E-state index in [4.69, 9.17) is 5.11 Å². The predicted molar refractivity (Wildman–Crippen MR) is 80.0 cm³/mol. The van der Waals surface area contributed by atoms with Crippen molar-refractivity contribution in [2.45, 2.75) is 11.8 Å². The van der Waals surface area contributed by atoms with Gasteiger partial charge >= 0.3 is 5.97 Å². The molecule has 0 spiro atoms. The van der Waals surface area contributed by atoms with Crippen LogP contribution in [-0.4, -0.2) is 50.8 Å². The average molecular weight is 308 g/mol. The lowest BCUT2D eigenvalue weighted by atomic mass is 10.2. The molecule has 0 aliphatic rings. The maximum atomic E-state index is 10.7. The van der Waals surface area contributed by atoms with Gasteiger partial charge in [0.25, 0.3) is 0 Å². The third kappa shape index (κ3) is 3.53. The zero-order valence-electron chi connectivity index (χ0n) is 11.7. The molecule has 0 aliphatic heterocycles. The third-order valence-electron chi connectivity index (χ3n) is 2.79. The maximum absolute atomic E-state index is 10.7. The van der Waals surface area contributed by atoms with Gasteiger partial charge in [-0.15, -0.1) is 10.2 Å². The first-order valence-electron chi connectivity index (χ1n) is 6.20. The fraction of sp³-hybridized carbons (Fsp3) is 0.308. The normalized spacial score (nSPS) is 10.6. The third-order valence-corrected chi connectivity index (χ3v) is 3.70. The molecule has 0 saturated heterocycles. The molecular weight excluding hydrogens is 292 g/mol. The van der Waals surface area contributed by atoms with Crippen molar-refractivity contribution in [3.63, 3.8) is 0 Å². The summed E-state index contributed by atoms with van der Waals surface area (Å²) in [6, 6.07) is 7.62. The number of hydrogen-bond donors (Lipinski definition) is 2. The van der Waals surface area contributed by atoms with Crippen molar-refractivity contribution in [2.24, 2.45) is 0 Å². The SMILES string of the molecule is CN(C)c1ccc(-n2c(CO)nnc2SCC(=O)O)cc1. The molecule has 0 amide bonds. The number of carboxylic acids is 1. The van der Waals surface area contributed by atoms with Gasteiger partial charge < -0.3 is 15.1 Å². The van der Waals surface area contributed by atoms with Crippen LogP contribution >= 0.6 is 11.8 Å². The molecule has 0 saturated carbocycles. The summed E-state index contributed by atoms with van der Waals surface area (Å²) in [5, 5.41) is 26.4. The monoisotopic (exact) mass is 308 g/mol. The van der Waals surface area contributed by atoms with E-state index >= 15 is 0 Å². The highest BCUT2D eigenvalue weighted by Crippen LogP contribution is 2.23. The van der Waals surface area contributed by atoms with Crippen LogP contribution in [0.2, 0.25) is 0 Å². The average Bonchev–Trinajstić information content (AvgIpc) is 2.88. The molecule has 2 N–H and O–H groups in total. The molecule has 7 nitrogen and oxygen atoms in total. The Morgan fingerprint density at radius 3 is 2.48 bits per heavy atom. The Balaban J connectivity index is 2.36. The van der Waals surface area contributed by atoms with Crippen molar-refractivity contribution in [1.29, 1.82) is 0 Å². The number of rotatable bonds is 6. The molecule has 1 aromatic carbocycles. The Morgan fingerprint density at radius 2 is 1.95 bits per heavy atom. The molecule has 0 radical (unpaired) electrons. The summed E-state index contributed by atoms with van der Waals surface area (Å²) in [6.07, 6.45) is 0. The highest BCUT2D eigenvalue weighted by molar-refractivity contribution is 7.99. The van der Waals surface area contributed by atoms with Crippen LogP contribution < -0.4 is 4.90 Å². The molecule has 2 aromatic rings. The summed E-state index contributed by atoms with van der Waals surface area (Å²) in [7, 11) is 3.89. The minimum Gasteiger partial charge on any atom is -0.481 e. The molecular formula is C13H16N4O3S. The van der Waals surface area contributed by atoms with Gasteiger partial charge in [0, 0.05) is 25.5 Å². The van der Waals surface area contributed by atoms with Crippen LogP contribution in [0.1, 0.15) is 5.82 Å². The summed E-state index contributed by atoms with van der Waals surface area (Å²) >= 11 is 1.06. The lowest BCUT2D eigenvalue weighted by Crippen LogP contribution is -2.09. The fourth-order valence-electron chi connectivity index (χ4n) is 1.78. The van der Waals surface area contributed by atoms with Crippen LogP contribution in [0.15, 0.2) is 29.4 Å². The molecule has 21 heavy (non-hydrogen) atoms. The van der Waals surface area contributed by atoms with Crippen LogP contribution in [0.5, 0.6) is 0 Å².